The highest BCUT2D eigenvalue weighted by Gasteiger charge is 1.90. The van der Waals surface area contributed by atoms with E-state index in [1.807, 2.05) is 42.6 Å². The van der Waals surface area contributed by atoms with Gasteiger partial charge in [-0.15, -0.1) is 0 Å². The lowest BCUT2D eigenvalue weighted by Crippen LogP contribution is -1.90. The molecular weight excluding hydrogens is 276 g/mol. The third-order valence-electron chi connectivity index (χ3n) is 2.33. The Kier molecular flexibility index (Phi) is 3.94. The standard InChI is InChI=1S/C14H13BrN2/c1-11-2-4-12(5-3-11)10-16-17-14-8-6-13(15)7-9-14/h2-10,17H,1H3/b16-10+. The number of hydrogen-bond donors (Lipinski definition) is 1. The number of halogens is 1. The van der Waals surface area contributed by atoms with Gasteiger partial charge in [0.05, 0.1) is 11.9 Å². The molecular formula is C14H13BrN2. The van der Waals surface area contributed by atoms with Crippen LogP contribution in [0.5, 0.6) is 0 Å². The minimum atomic E-state index is 0.969. The van der Waals surface area contributed by atoms with Gasteiger partial charge in [0.25, 0.3) is 0 Å². The van der Waals surface area contributed by atoms with Crippen LogP contribution >= 0.6 is 15.9 Å². The molecule has 0 fully saturated rings. The lowest BCUT2D eigenvalue weighted by atomic mass is 10.2. The molecule has 0 aliphatic heterocycles. The molecule has 0 atom stereocenters. The van der Waals surface area contributed by atoms with Gasteiger partial charge < -0.3 is 0 Å². The zero-order valence-electron chi connectivity index (χ0n) is 9.52. The summed E-state index contributed by atoms with van der Waals surface area (Å²) in [6.07, 6.45) is 1.81. The second-order valence-corrected chi connectivity index (χ2v) is 4.70. The Labute approximate surface area is 110 Å². The van der Waals surface area contributed by atoms with E-state index in [-0.39, 0.29) is 0 Å². The van der Waals surface area contributed by atoms with Gasteiger partial charge in [-0.1, -0.05) is 45.8 Å². The summed E-state index contributed by atoms with van der Waals surface area (Å²) >= 11 is 3.39. The highest BCUT2D eigenvalue weighted by Crippen LogP contribution is 2.13. The predicted molar refractivity (Wildman–Crippen MR) is 76.5 cm³/mol. The largest absolute Gasteiger partial charge is 0.279 e. The molecule has 0 radical (unpaired) electrons. The molecule has 0 aromatic heterocycles. The van der Waals surface area contributed by atoms with Crippen molar-refractivity contribution in [2.45, 2.75) is 6.92 Å². The van der Waals surface area contributed by atoms with E-state index in [1.165, 1.54) is 5.56 Å². The van der Waals surface area contributed by atoms with Crippen LogP contribution in [0, 0.1) is 6.92 Å². The van der Waals surface area contributed by atoms with Crippen molar-refractivity contribution in [3.63, 3.8) is 0 Å². The van der Waals surface area contributed by atoms with Crippen molar-refractivity contribution in [2.75, 3.05) is 5.43 Å². The van der Waals surface area contributed by atoms with Crippen LogP contribution in [0.3, 0.4) is 0 Å². The molecule has 0 saturated heterocycles. The van der Waals surface area contributed by atoms with Crippen LogP contribution in [-0.2, 0) is 0 Å². The highest BCUT2D eigenvalue weighted by molar-refractivity contribution is 9.10. The maximum atomic E-state index is 4.18. The van der Waals surface area contributed by atoms with E-state index >= 15 is 0 Å². The molecule has 3 heteroatoms. The summed E-state index contributed by atoms with van der Waals surface area (Å²) in [6, 6.07) is 16.1. The average Bonchev–Trinajstić information content (AvgIpc) is 2.34. The van der Waals surface area contributed by atoms with Gasteiger partial charge in [0, 0.05) is 4.47 Å². The second-order valence-electron chi connectivity index (χ2n) is 3.79. The third-order valence-corrected chi connectivity index (χ3v) is 2.86. The van der Waals surface area contributed by atoms with Gasteiger partial charge in [0.1, 0.15) is 0 Å². The first kappa shape index (κ1) is 11.9. The van der Waals surface area contributed by atoms with Crippen LogP contribution in [0.4, 0.5) is 5.69 Å². The molecule has 86 valence electrons. The molecule has 0 aliphatic rings. The average molecular weight is 289 g/mol. The predicted octanol–water partition coefficient (Wildman–Crippen LogP) is 4.20. The van der Waals surface area contributed by atoms with E-state index in [2.05, 4.69) is 45.5 Å². The van der Waals surface area contributed by atoms with Crippen LogP contribution in [0.25, 0.3) is 0 Å². The van der Waals surface area contributed by atoms with Crippen molar-refractivity contribution in [1.82, 2.24) is 0 Å². The SMILES string of the molecule is Cc1ccc(/C=N/Nc2ccc(Br)cc2)cc1. The summed E-state index contributed by atoms with van der Waals surface area (Å²) in [6.45, 7) is 2.07. The van der Waals surface area contributed by atoms with Crippen LogP contribution in [0.15, 0.2) is 58.1 Å². The Balaban J connectivity index is 1.97. The molecule has 0 unspecified atom stereocenters. The quantitative estimate of drug-likeness (QED) is 0.664. The normalized spacial score (nSPS) is 10.7. The van der Waals surface area contributed by atoms with E-state index in [4.69, 9.17) is 0 Å². The first-order valence-electron chi connectivity index (χ1n) is 5.35. The van der Waals surface area contributed by atoms with Gasteiger partial charge >= 0.3 is 0 Å². The van der Waals surface area contributed by atoms with Crippen molar-refractivity contribution in [2.24, 2.45) is 5.10 Å². The fourth-order valence-corrected chi connectivity index (χ4v) is 1.62. The van der Waals surface area contributed by atoms with Crippen molar-refractivity contribution >= 4 is 27.8 Å². The molecule has 2 nitrogen and oxygen atoms in total. The number of hydrazone groups is 1. The van der Waals surface area contributed by atoms with Gasteiger partial charge in [-0.25, -0.2) is 0 Å². The zero-order chi connectivity index (χ0) is 12.1. The Morgan fingerprint density at radius 1 is 1.00 bits per heavy atom. The van der Waals surface area contributed by atoms with Crippen LogP contribution in [0.2, 0.25) is 0 Å². The van der Waals surface area contributed by atoms with Crippen LogP contribution < -0.4 is 5.43 Å². The van der Waals surface area contributed by atoms with Crippen molar-refractivity contribution in [3.05, 3.63) is 64.1 Å². The first-order valence-corrected chi connectivity index (χ1v) is 6.15. The monoisotopic (exact) mass is 288 g/mol. The number of rotatable bonds is 3. The topological polar surface area (TPSA) is 24.4 Å². The van der Waals surface area contributed by atoms with E-state index < -0.39 is 0 Å². The van der Waals surface area contributed by atoms with Crippen molar-refractivity contribution in [3.8, 4) is 0 Å². The number of hydrogen-bond acceptors (Lipinski definition) is 2. The molecule has 0 bridgehead atoms. The molecule has 1 N–H and O–H groups in total. The van der Waals surface area contributed by atoms with Crippen LogP contribution in [-0.4, -0.2) is 6.21 Å². The summed E-state index contributed by atoms with van der Waals surface area (Å²) in [5.74, 6) is 0. The molecule has 17 heavy (non-hydrogen) atoms. The van der Waals surface area contributed by atoms with Crippen molar-refractivity contribution in [1.29, 1.82) is 0 Å². The van der Waals surface area contributed by atoms with Gasteiger partial charge in [0.2, 0.25) is 0 Å². The Hall–Kier alpha value is -1.61. The lowest BCUT2D eigenvalue weighted by Gasteiger charge is -1.99. The van der Waals surface area contributed by atoms with Crippen LogP contribution in [0.1, 0.15) is 11.1 Å². The van der Waals surface area contributed by atoms with E-state index in [9.17, 15) is 0 Å². The highest BCUT2D eigenvalue weighted by atomic mass is 79.9. The summed E-state index contributed by atoms with van der Waals surface area (Å²) < 4.78 is 1.06. The Bertz CT molecular complexity index is 501. The molecule has 0 saturated carbocycles. The van der Waals surface area contributed by atoms with Gasteiger partial charge in [-0.3, -0.25) is 5.43 Å². The number of nitrogens with zero attached hydrogens (tertiary/aromatic N) is 1. The smallest absolute Gasteiger partial charge is 0.0562 e. The zero-order valence-corrected chi connectivity index (χ0v) is 11.1. The molecule has 0 spiro atoms. The molecule has 2 aromatic carbocycles. The number of benzene rings is 2. The van der Waals surface area contributed by atoms with E-state index in [0.29, 0.717) is 0 Å². The maximum absolute atomic E-state index is 4.18. The van der Waals surface area contributed by atoms with Gasteiger partial charge in [-0.05, 0) is 36.8 Å². The molecule has 2 aromatic rings. The first-order chi connectivity index (χ1) is 8.24. The number of nitrogens with one attached hydrogen (secondary N) is 1. The maximum Gasteiger partial charge on any atom is 0.0562 e. The Morgan fingerprint density at radius 2 is 1.65 bits per heavy atom. The molecule has 0 amide bonds. The lowest BCUT2D eigenvalue weighted by molar-refractivity contribution is 1.34. The molecule has 2 rings (SSSR count). The minimum absolute atomic E-state index is 0.969. The summed E-state index contributed by atoms with van der Waals surface area (Å²) in [5, 5.41) is 4.18. The molecule has 0 aliphatic carbocycles. The molecule has 0 heterocycles. The number of anilines is 1. The third kappa shape index (κ3) is 3.71. The second kappa shape index (κ2) is 5.64. The minimum Gasteiger partial charge on any atom is -0.279 e. The van der Waals surface area contributed by atoms with E-state index in [0.717, 1.165) is 15.7 Å². The van der Waals surface area contributed by atoms with E-state index in [1.54, 1.807) is 0 Å². The summed E-state index contributed by atoms with van der Waals surface area (Å²) in [4.78, 5) is 0. The summed E-state index contributed by atoms with van der Waals surface area (Å²) in [5.41, 5.74) is 6.29. The van der Waals surface area contributed by atoms with Crippen molar-refractivity contribution < 1.29 is 0 Å². The summed E-state index contributed by atoms with van der Waals surface area (Å²) in [7, 11) is 0. The fraction of sp³-hybridized carbons (Fsp3) is 0.0714. The van der Waals surface area contributed by atoms with Gasteiger partial charge in [-0.2, -0.15) is 5.10 Å². The fourth-order valence-electron chi connectivity index (χ4n) is 1.36. The van der Waals surface area contributed by atoms with Gasteiger partial charge in [0.15, 0.2) is 0 Å². The number of aryl methyl sites for hydroxylation is 1. The Morgan fingerprint density at radius 3 is 2.29 bits per heavy atom.